The summed E-state index contributed by atoms with van der Waals surface area (Å²) in [7, 11) is 0. The third kappa shape index (κ3) is 7.97. The molecule has 0 heterocycles. The van der Waals surface area contributed by atoms with Gasteiger partial charge in [0.05, 0.1) is 0 Å². The summed E-state index contributed by atoms with van der Waals surface area (Å²) in [5, 5.41) is 5.46. The minimum absolute atomic E-state index is 0.109. The van der Waals surface area contributed by atoms with Crippen molar-refractivity contribution in [3.8, 4) is 0 Å². The summed E-state index contributed by atoms with van der Waals surface area (Å²) in [4.78, 5) is 23.4. The molecule has 1 aromatic rings. The molecule has 21 heavy (non-hydrogen) atoms. The average Bonchev–Trinajstić information content (AvgIpc) is 2.35. The molecule has 0 aliphatic carbocycles. The molecule has 0 aliphatic heterocycles. The number of carbonyl (C=O) groups excluding carboxylic acids is 2. The van der Waals surface area contributed by atoms with Gasteiger partial charge in [0.25, 0.3) is 0 Å². The Kier molecular flexibility index (Phi) is 6.21. The third-order valence-corrected chi connectivity index (χ3v) is 2.59. The van der Waals surface area contributed by atoms with Crippen molar-refractivity contribution >= 4 is 12.0 Å². The van der Waals surface area contributed by atoms with E-state index in [0.29, 0.717) is 6.54 Å². The monoisotopic (exact) mass is 292 g/mol. The Balaban J connectivity index is 2.29. The van der Waals surface area contributed by atoms with Gasteiger partial charge in [-0.1, -0.05) is 30.3 Å². The molecule has 1 rings (SSSR count). The zero-order valence-corrected chi connectivity index (χ0v) is 13.1. The summed E-state index contributed by atoms with van der Waals surface area (Å²) in [5.74, 6) is -0.109. The molecule has 1 unspecified atom stereocenters. The number of alkyl carbamates (subject to hydrolysis) is 1. The smallest absolute Gasteiger partial charge is 0.407 e. The van der Waals surface area contributed by atoms with E-state index >= 15 is 0 Å². The van der Waals surface area contributed by atoms with Crippen molar-refractivity contribution in [2.45, 2.75) is 52.3 Å². The third-order valence-electron chi connectivity index (χ3n) is 2.59. The van der Waals surface area contributed by atoms with Crippen LogP contribution >= 0.6 is 0 Å². The van der Waals surface area contributed by atoms with Gasteiger partial charge in [-0.05, 0) is 33.3 Å². The quantitative estimate of drug-likeness (QED) is 0.876. The summed E-state index contributed by atoms with van der Waals surface area (Å²) in [5.41, 5.74) is 0.498. The predicted octanol–water partition coefficient (Wildman–Crippen LogP) is 2.61. The Hall–Kier alpha value is -2.04. The number of hydrogen-bond acceptors (Lipinski definition) is 3. The molecular weight excluding hydrogens is 268 g/mol. The summed E-state index contributed by atoms with van der Waals surface area (Å²) < 4.78 is 5.14. The number of benzene rings is 1. The van der Waals surface area contributed by atoms with Crippen LogP contribution in [0.2, 0.25) is 0 Å². The van der Waals surface area contributed by atoms with Crippen molar-refractivity contribution in [3.05, 3.63) is 35.9 Å². The SMILES string of the molecule is CC(CC(=O)NCc1ccccc1)NC(=O)OC(C)(C)C. The molecule has 5 heteroatoms. The lowest BCUT2D eigenvalue weighted by molar-refractivity contribution is -0.121. The number of hydrogen-bond donors (Lipinski definition) is 2. The van der Waals surface area contributed by atoms with Gasteiger partial charge in [-0.3, -0.25) is 4.79 Å². The minimum Gasteiger partial charge on any atom is -0.444 e. The maximum absolute atomic E-state index is 11.8. The van der Waals surface area contributed by atoms with E-state index in [-0.39, 0.29) is 18.4 Å². The second kappa shape index (κ2) is 7.67. The standard InChI is InChI=1S/C16H24N2O3/c1-12(18-15(20)21-16(2,3)4)10-14(19)17-11-13-8-6-5-7-9-13/h5-9,12H,10-11H2,1-4H3,(H,17,19)(H,18,20). The zero-order chi connectivity index (χ0) is 15.9. The van der Waals surface area contributed by atoms with Crippen molar-refractivity contribution < 1.29 is 14.3 Å². The lowest BCUT2D eigenvalue weighted by Gasteiger charge is -2.21. The Morgan fingerprint density at radius 1 is 1.19 bits per heavy atom. The van der Waals surface area contributed by atoms with Crippen LogP contribution in [0.4, 0.5) is 4.79 Å². The van der Waals surface area contributed by atoms with E-state index in [1.165, 1.54) is 0 Å². The second-order valence-corrected chi connectivity index (χ2v) is 6.01. The van der Waals surface area contributed by atoms with Crippen molar-refractivity contribution in [3.63, 3.8) is 0 Å². The van der Waals surface area contributed by atoms with Crippen LogP contribution in [-0.4, -0.2) is 23.6 Å². The summed E-state index contributed by atoms with van der Waals surface area (Å²) in [6, 6.07) is 9.39. The van der Waals surface area contributed by atoms with Crippen molar-refractivity contribution in [1.29, 1.82) is 0 Å². The first-order chi connectivity index (χ1) is 9.76. The van der Waals surface area contributed by atoms with Crippen LogP contribution in [0.15, 0.2) is 30.3 Å². The predicted molar refractivity (Wildman–Crippen MR) is 81.7 cm³/mol. The highest BCUT2D eigenvalue weighted by Gasteiger charge is 2.18. The largest absolute Gasteiger partial charge is 0.444 e. The van der Waals surface area contributed by atoms with E-state index in [1.54, 1.807) is 27.7 Å². The van der Waals surface area contributed by atoms with Crippen molar-refractivity contribution in [2.75, 3.05) is 0 Å². The highest BCUT2D eigenvalue weighted by atomic mass is 16.6. The van der Waals surface area contributed by atoms with Gasteiger partial charge < -0.3 is 15.4 Å². The molecule has 0 fully saturated rings. The van der Waals surface area contributed by atoms with Gasteiger partial charge >= 0.3 is 6.09 Å². The number of nitrogens with one attached hydrogen (secondary N) is 2. The lowest BCUT2D eigenvalue weighted by Crippen LogP contribution is -2.40. The van der Waals surface area contributed by atoms with Crippen LogP contribution in [0, 0.1) is 0 Å². The van der Waals surface area contributed by atoms with Crippen LogP contribution in [0.3, 0.4) is 0 Å². The highest BCUT2D eigenvalue weighted by molar-refractivity contribution is 5.77. The molecule has 0 saturated carbocycles. The van der Waals surface area contributed by atoms with Crippen LogP contribution < -0.4 is 10.6 Å². The molecule has 1 aromatic carbocycles. The van der Waals surface area contributed by atoms with E-state index < -0.39 is 11.7 Å². The van der Waals surface area contributed by atoms with E-state index in [9.17, 15) is 9.59 Å². The van der Waals surface area contributed by atoms with E-state index in [0.717, 1.165) is 5.56 Å². The molecule has 116 valence electrons. The van der Waals surface area contributed by atoms with Gasteiger partial charge in [-0.25, -0.2) is 4.79 Å². The molecule has 1 atom stereocenters. The van der Waals surface area contributed by atoms with E-state index in [1.807, 2.05) is 30.3 Å². The molecule has 0 bridgehead atoms. The molecule has 5 nitrogen and oxygen atoms in total. The normalized spacial score (nSPS) is 12.4. The Bertz CT molecular complexity index is 466. The second-order valence-electron chi connectivity index (χ2n) is 6.01. The van der Waals surface area contributed by atoms with E-state index in [4.69, 9.17) is 4.74 Å². The first-order valence-electron chi connectivity index (χ1n) is 7.06. The molecule has 0 saturated heterocycles. The Labute approximate surface area is 126 Å². The summed E-state index contributed by atoms with van der Waals surface area (Å²) in [6.45, 7) is 7.64. The molecule has 0 aliphatic rings. The van der Waals surface area contributed by atoms with Crippen LogP contribution in [0.25, 0.3) is 0 Å². The zero-order valence-electron chi connectivity index (χ0n) is 13.1. The highest BCUT2D eigenvalue weighted by Crippen LogP contribution is 2.07. The average molecular weight is 292 g/mol. The fourth-order valence-corrected chi connectivity index (χ4v) is 1.71. The van der Waals surface area contributed by atoms with Gasteiger partial charge in [0.2, 0.25) is 5.91 Å². The summed E-state index contributed by atoms with van der Waals surface area (Å²) in [6.07, 6.45) is -0.294. The Morgan fingerprint density at radius 2 is 1.81 bits per heavy atom. The van der Waals surface area contributed by atoms with Gasteiger partial charge in [0.15, 0.2) is 0 Å². The van der Waals surface area contributed by atoms with Gasteiger partial charge in [0.1, 0.15) is 5.60 Å². The maximum atomic E-state index is 11.8. The van der Waals surface area contributed by atoms with Crippen molar-refractivity contribution in [2.24, 2.45) is 0 Å². The number of carbonyl (C=O) groups is 2. The first kappa shape index (κ1) is 17.0. The molecular formula is C16H24N2O3. The molecule has 2 amide bonds. The molecule has 2 N–H and O–H groups in total. The maximum Gasteiger partial charge on any atom is 0.407 e. The fraction of sp³-hybridized carbons (Fsp3) is 0.500. The van der Waals surface area contributed by atoms with Gasteiger partial charge in [0, 0.05) is 19.0 Å². The minimum atomic E-state index is -0.542. The fourth-order valence-electron chi connectivity index (χ4n) is 1.71. The van der Waals surface area contributed by atoms with Crippen LogP contribution in [0.5, 0.6) is 0 Å². The number of amides is 2. The first-order valence-corrected chi connectivity index (χ1v) is 7.06. The summed E-state index contributed by atoms with van der Waals surface area (Å²) >= 11 is 0. The number of rotatable bonds is 5. The molecule has 0 spiro atoms. The van der Waals surface area contributed by atoms with Gasteiger partial charge in [-0.15, -0.1) is 0 Å². The van der Waals surface area contributed by atoms with Gasteiger partial charge in [-0.2, -0.15) is 0 Å². The lowest BCUT2D eigenvalue weighted by atomic mass is 10.2. The molecule has 0 radical (unpaired) electrons. The topological polar surface area (TPSA) is 67.4 Å². The Morgan fingerprint density at radius 3 is 2.38 bits per heavy atom. The number of ether oxygens (including phenoxy) is 1. The van der Waals surface area contributed by atoms with Crippen LogP contribution in [-0.2, 0) is 16.1 Å². The van der Waals surface area contributed by atoms with Crippen LogP contribution in [0.1, 0.15) is 39.7 Å². The van der Waals surface area contributed by atoms with E-state index in [2.05, 4.69) is 10.6 Å². The molecule has 0 aromatic heterocycles. The van der Waals surface area contributed by atoms with Crippen molar-refractivity contribution in [1.82, 2.24) is 10.6 Å².